The first-order valence-electron chi connectivity index (χ1n) is 9.34. The van der Waals surface area contributed by atoms with Gasteiger partial charge >= 0.3 is 0 Å². The monoisotopic (exact) mass is 392 g/mol. The van der Waals surface area contributed by atoms with Crippen LogP contribution >= 0.6 is 11.8 Å². The van der Waals surface area contributed by atoms with Gasteiger partial charge in [0, 0.05) is 33.5 Å². The van der Waals surface area contributed by atoms with E-state index < -0.39 is 0 Å². The highest BCUT2D eigenvalue weighted by Gasteiger charge is 2.20. The fourth-order valence-electron chi connectivity index (χ4n) is 3.60. The summed E-state index contributed by atoms with van der Waals surface area (Å²) < 4.78 is 16.7. The number of thioether (sulfide) groups is 1. The summed E-state index contributed by atoms with van der Waals surface area (Å²) in [5, 5.41) is 0.932. The number of fused-ring (bicyclic) bond motifs is 1. The van der Waals surface area contributed by atoms with Crippen molar-refractivity contribution in [3.05, 3.63) is 59.8 Å². The molecule has 0 N–H and O–H groups in total. The first-order chi connectivity index (χ1) is 13.8. The Morgan fingerprint density at radius 1 is 1.11 bits per heavy atom. The Bertz CT molecular complexity index is 1040. The molecule has 0 atom stereocenters. The van der Waals surface area contributed by atoms with Gasteiger partial charge in [-0.25, -0.2) is 9.97 Å². The zero-order valence-corrected chi connectivity index (χ0v) is 16.4. The Hall–Kier alpha value is -2.41. The third kappa shape index (κ3) is 3.17. The van der Waals surface area contributed by atoms with Crippen molar-refractivity contribution in [1.82, 2.24) is 9.97 Å². The van der Waals surface area contributed by atoms with Gasteiger partial charge in [0.25, 0.3) is 0 Å². The molecule has 0 radical (unpaired) electrons. The molecule has 5 nitrogen and oxygen atoms in total. The third-order valence-electron chi connectivity index (χ3n) is 4.95. The van der Waals surface area contributed by atoms with E-state index in [9.17, 15) is 0 Å². The Kier molecular flexibility index (Phi) is 4.76. The Morgan fingerprint density at radius 3 is 2.64 bits per heavy atom. The number of allylic oxidation sites excluding steroid dienone is 1. The molecule has 142 valence electrons. The van der Waals surface area contributed by atoms with E-state index in [0.717, 1.165) is 45.5 Å². The maximum Gasteiger partial charge on any atom is 0.222 e. The zero-order chi connectivity index (χ0) is 18.9. The molecule has 2 aromatic heterocycles. The quantitative estimate of drug-likeness (QED) is 0.634. The topological polar surface area (TPSA) is 53.5 Å². The van der Waals surface area contributed by atoms with E-state index in [1.165, 1.54) is 4.91 Å². The highest BCUT2D eigenvalue weighted by molar-refractivity contribution is 8.08. The van der Waals surface area contributed by atoms with Gasteiger partial charge in [-0.15, -0.1) is 11.8 Å². The number of benzene rings is 1. The van der Waals surface area contributed by atoms with Crippen molar-refractivity contribution in [2.24, 2.45) is 0 Å². The molecule has 0 unspecified atom stereocenters. The van der Waals surface area contributed by atoms with Crippen molar-refractivity contribution in [3.63, 3.8) is 0 Å². The van der Waals surface area contributed by atoms with Crippen LogP contribution in [0.2, 0.25) is 0 Å². The minimum absolute atomic E-state index is 0.262. The van der Waals surface area contributed by atoms with Crippen LogP contribution in [0.5, 0.6) is 5.88 Å². The number of nitrogens with zero attached hydrogens (tertiary/aromatic N) is 2. The van der Waals surface area contributed by atoms with Gasteiger partial charge in [0.1, 0.15) is 0 Å². The Labute approximate surface area is 167 Å². The number of aromatic nitrogens is 2. The van der Waals surface area contributed by atoms with Gasteiger partial charge in [0.05, 0.1) is 36.9 Å². The van der Waals surface area contributed by atoms with Gasteiger partial charge < -0.3 is 14.2 Å². The lowest BCUT2D eigenvalue weighted by atomic mass is 10.0. The van der Waals surface area contributed by atoms with Crippen LogP contribution in [-0.4, -0.2) is 36.0 Å². The van der Waals surface area contributed by atoms with E-state index >= 15 is 0 Å². The molecule has 4 heterocycles. The van der Waals surface area contributed by atoms with Crippen LogP contribution in [0.1, 0.15) is 23.8 Å². The normalized spacial score (nSPS) is 17.2. The van der Waals surface area contributed by atoms with Gasteiger partial charge in [-0.05, 0) is 18.6 Å². The Morgan fingerprint density at radius 2 is 1.93 bits per heavy atom. The molecule has 5 rings (SSSR count). The van der Waals surface area contributed by atoms with Gasteiger partial charge in [0.2, 0.25) is 5.88 Å². The number of rotatable bonds is 4. The summed E-state index contributed by atoms with van der Waals surface area (Å²) in [6, 6.07) is 12.4. The average Bonchev–Trinajstić information content (AvgIpc) is 3.47. The standard InChI is InChI=1S/C22H20N2O3S/c1-25-21-16-13-17(19-3-2-12-28-19)20(24-18(16)8-9-23-21)14-4-6-15(7-5-14)22-26-10-11-27-22/h3-9,13,22H,2,10-12H2,1H3. The summed E-state index contributed by atoms with van der Waals surface area (Å²) in [6.07, 6.45) is 4.84. The summed E-state index contributed by atoms with van der Waals surface area (Å²) in [7, 11) is 1.64. The molecule has 1 saturated heterocycles. The van der Waals surface area contributed by atoms with E-state index in [-0.39, 0.29) is 6.29 Å². The van der Waals surface area contributed by atoms with E-state index in [2.05, 4.69) is 41.4 Å². The molecule has 0 aliphatic carbocycles. The molecule has 28 heavy (non-hydrogen) atoms. The molecule has 1 fully saturated rings. The number of hydrogen-bond acceptors (Lipinski definition) is 6. The maximum absolute atomic E-state index is 5.60. The SMILES string of the molecule is COc1nccc2nc(-c3ccc(C4OCCO4)cc3)c(C3=CCCS3)cc12. The molecular weight excluding hydrogens is 372 g/mol. The minimum Gasteiger partial charge on any atom is -0.481 e. The molecule has 0 saturated carbocycles. The summed E-state index contributed by atoms with van der Waals surface area (Å²) in [4.78, 5) is 10.6. The molecule has 1 aromatic carbocycles. The van der Waals surface area contributed by atoms with Crippen molar-refractivity contribution in [1.29, 1.82) is 0 Å². The van der Waals surface area contributed by atoms with Crippen LogP contribution in [0, 0.1) is 0 Å². The first kappa shape index (κ1) is 17.7. The van der Waals surface area contributed by atoms with Crippen LogP contribution in [0.15, 0.2) is 48.7 Å². The van der Waals surface area contributed by atoms with Crippen LogP contribution in [0.25, 0.3) is 27.1 Å². The second-order valence-corrected chi connectivity index (χ2v) is 7.81. The summed E-state index contributed by atoms with van der Waals surface area (Å²) >= 11 is 1.87. The largest absolute Gasteiger partial charge is 0.481 e. The van der Waals surface area contributed by atoms with Gasteiger partial charge in [-0.1, -0.05) is 30.3 Å². The lowest BCUT2D eigenvalue weighted by molar-refractivity contribution is -0.0441. The van der Waals surface area contributed by atoms with Crippen LogP contribution in [0.3, 0.4) is 0 Å². The molecule has 0 spiro atoms. The second kappa shape index (κ2) is 7.54. The van der Waals surface area contributed by atoms with E-state index in [1.807, 2.05) is 17.8 Å². The third-order valence-corrected chi connectivity index (χ3v) is 6.09. The maximum atomic E-state index is 5.60. The van der Waals surface area contributed by atoms with E-state index in [0.29, 0.717) is 19.1 Å². The lowest BCUT2D eigenvalue weighted by Gasteiger charge is -2.14. The average molecular weight is 392 g/mol. The van der Waals surface area contributed by atoms with Gasteiger partial charge in [-0.2, -0.15) is 0 Å². The molecule has 0 amide bonds. The first-order valence-corrected chi connectivity index (χ1v) is 10.3. The van der Waals surface area contributed by atoms with Crippen LogP contribution < -0.4 is 4.74 Å². The van der Waals surface area contributed by atoms with Crippen LogP contribution in [-0.2, 0) is 9.47 Å². The smallest absolute Gasteiger partial charge is 0.222 e. The summed E-state index contributed by atoms with van der Waals surface area (Å²) in [5.74, 6) is 1.71. The molecule has 2 aliphatic rings. The van der Waals surface area contributed by atoms with Crippen molar-refractivity contribution < 1.29 is 14.2 Å². The van der Waals surface area contributed by atoms with Crippen molar-refractivity contribution in [2.75, 3.05) is 26.1 Å². The fraction of sp³-hybridized carbons (Fsp3) is 0.273. The molecule has 0 bridgehead atoms. The number of ether oxygens (including phenoxy) is 3. The van der Waals surface area contributed by atoms with Crippen molar-refractivity contribution in [2.45, 2.75) is 12.7 Å². The van der Waals surface area contributed by atoms with Gasteiger partial charge in [-0.3, -0.25) is 0 Å². The summed E-state index contributed by atoms with van der Waals surface area (Å²) in [6.45, 7) is 1.29. The highest BCUT2D eigenvalue weighted by atomic mass is 32.2. The number of hydrogen-bond donors (Lipinski definition) is 0. The van der Waals surface area contributed by atoms with E-state index in [1.54, 1.807) is 13.3 Å². The molecule has 6 heteroatoms. The minimum atomic E-state index is -0.262. The molecular formula is C22H20N2O3S. The van der Waals surface area contributed by atoms with Crippen LogP contribution in [0.4, 0.5) is 0 Å². The van der Waals surface area contributed by atoms with E-state index in [4.69, 9.17) is 19.2 Å². The van der Waals surface area contributed by atoms with Crippen molar-refractivity contribution in [3.8, 4) is 17.1 Å². The predicted octanol–water partition coefficient (Wildman–Crippen LogP) is 4.83. The predicted molar refractivity (Wildman–Crippen MR) is 111 cm³/mol. The number of pyridine rings is 2. The second-order valence-electron chi connectivity index (χ2n) is 6.67. The molecule has 3 aromatic rings. The lowest BCUT2D eigenvalue weighted by Crippen LogP contribution is -1.99. The Balaban J connectivity index is 1.63. The molecule has 2 aliphatic heterocycles. The summed E-state index contributed by atoms with van der Waals surface area (Å²) in [5.41, 5.74) is 5.08. The fourth-order valence-corrected chi connectivity index (χ4v) is 4.60. The zero-order valence-electron chi connectivity index (χ0n) is 15.6. The van der Waals surface area contributed by atoms with Crippen molar-refractivity contribution >= 4 is 27.6 Å². The van der Waals surface area contributed by atoms with Gasteiger partial charge in [0.15, 0.2) is 6.29 Å². The highest BCUT2D eigenvalue weighted by Crippen LogP contribution is 2.41. The number of methoxy groups -OCH3 is 1.